The fourth-order valence-electron chi connectivity index (χ4n) is 3.77. The molecule has 0 spiro atoms. The molecule has 2 rings (SSSR count). The smallest absolute Gasteiger partial charge is 0.321 e. The quantitative estimate of drug-likeness (QED) is 0.482. The van der Waals surface area contributed by atoms with Gasteiger partial charge in [0.25, 0.3) is 0 Å². The Kier molecular flexibility index (Phi) is 5.21. The van der Waals surface area contributed by atoms with Crippen LogP contribution in [0.5, 0.6) is 0 Å². The minimum absolute atomic E-state index is 0.0124. The number of aliphatic hydroxyl groups excluding tert-OH is 2. The van der Waals surface area contributed by atoms with Gasteiger partial charge in [-0.3, -0.25) is 15.0 Å². The number of aliphatic hydroxyl groups is 2. The molecule has 0 radical (unpaired) electrons. The molecule has 6 unspecified atom stereocenters. The number of rotatable bonds is 7. The van der Waals surface area contributed by atoms with Gasteiger partial charge in [0.1, 0.15) is 12.3 Å². The third-order valence-corrected chi connectivity index (χ3v) is 4.79. The van der Waals surface area contributed by atoms with E-state index >= 15 is 0 Å². The molecule has 2 fully saturated rings. The molecule has 2 aliphatic rings. The van der Waals surface area contributed by atoms with Gasteiger partial charge >= 0.3 is 5.97 Å². The second-order valence-corrected chi connectivity index (χ2v) is 6.40. The van der Waals surface area contributed by atoms with Crippen LogP contribution in [0.1, 0.15) is 33.1 Å². The van der Waals surface area contributed by atoms with Crippen LogP contribution in [-0.2, 0) is 9.53 Å². The number of nitrogens with zero attached hydrogens (tertiary/aromatic N) is 1. The van der Waals surface area contributed by atoms with Crippen LogP contribution in [0.4, 0.5) is 0 Å². The van der Waals surface area contributed by atoms with E-state index in [2.05, 4.69) is 5.32 Å². The first kappa shape index (κ1) is 16.6. The van der Waals surface area contributed by atoms with E-state index in [9.17, 15) is 20.1 Å². The van der Waals surface area contributed by atoms with Crippen molar-refractivity contribution in [3.63, 3.8) is 0 Å². The Labute approximate surface area is 124 Å². The number of methoxy groups -OCH3 is 1. The van der Waals surface area contributed by atoms with Gasteiger partial charge in [-0.1, -0.05) is 13.8 Å². The van der Waals surface area contributed by atoms with Gasteiger partial charge in [0.2, 0.25) is 6.41 Å². The summed E-state index contributed by atoms with van der Waals surface area (Å²) in [6.07, 6.45) is 0.501. The van der Waals surface area contributed by atoms with Crippen molar-refractivity contribution in [1.82, 2.24) is 10.2 Å². The predicted molar refractivity (Wildman–Crippen MR) is 75.2 cm³/mol. The van der Waals surface area contributed by atoms with Crippen LogP contribution in [0.2, 0.25) is 0 Å². The number of hydrogen-bond donors (Lipinski definition) is 4. The monoisotopic (exact) mass is 302 g/mol. The van der Waals surface area contributed by atoms with E-state index in [0.717, 1.165) is 19.3 Å². The van der Waals surface area contributed by atoms with Crippen LogP contribution in [0.3, 0.4) is 0 Å². The Balaban J connectivity index is 2.15. The molecular formula is C14H26N2O5. The standard InChI is InChI=1S/C14H26N2O5/c1-7(2)10(15-14(20)21-3)12(17)16-9-5-4-8(6-9)11(16)13(18)19/h7-12,14-15,17,20H,4-6H2,1-3H3,(H,18,19). The van der Waals surface area contributed by atoms with Crippen LogP contribution in [-0.4, -0.2) is 64.1 Å². The van der Waals surface area contributed by atoms with Crippen LogP contribution in [0.25, 0.3) is 0 Å². The number of aliphatic carboxylic acids is 1. The van der Waals surface area contributed by atoms with Gasteiger partial charge in [-0.05, 0) is 31.1 Å². The first-order valence-corrected chi connectivity index (χ1v) is 7.52. The van der Waals surface area contributed by atoms with E-state index < -0.39 is 30.7 Å². The fraction of sp³-hybridized carbons (Fsp3) is 0.929. The van der Waals surface area contributed by atoms with E-state index in [-0.39, 0.29) is 17.9 Å². The molecular weight excluding hydrogens is 276 g/mol. The minimum atomic E-state index is -1.19. The number of nitrogens with one attached hydrogen (secondary N) is 1. The summed E-state index contributed by atoms with van der Waals surface area (Å²) < 4.78 is 4.78. The van der Waals surface area contributed by atoms with Crippen molar-refractivity contribution in [1.29, 1.82) is 0 Å². The molecule has 1 aliphatic carbocycles. The maximum absolute atomic E-state index is 11.5. The molecule has 1 saturated heterocycles. The number of carboxylic acids is 1. The maximum Gasteiger partial charge on any atom is 0.321 e. The zero-order chi connectivity index (χ0) is 15.7. The van der Waals surface area contributed by atoms with Gasteiger partial charge in [-0.15, -0.1) is 0 Å². The minimum Gasteiger partial charge on any atom is -0.480 e. The molecule has 4 N–H and O–H groups in total. The van der Waals surface area contributed by atoms with Gasteiger partial charge in [0.05, 0.1) is 6.04 Å². The highest BCUT2D eigenvalue weighted by Gasteiger charge is 2.53. The molecule has 1 aliphatic heterocycles. The predicted octanol–water partition coefficient (Wildman–Crippen LogP) is -0.221. The van der Waals surface area contributed by atoms with E-state index in [1.54, 1.807) is 4.90 Å². The molecule has 0 aromatic carbocycles. The lowest BCUT2D eigenvalue weighted by atomic mass is 9.95. The largest absolute Gasteiger partial charge is 0.480 e. The second kappa shape index (κ2) is 6.58. The van der Waals surface area contributed by atoms with Crippen LogP contribution in [0, 0.1) is 11.8 Å². The van der Waals surface area contributed by atoms with Crippen LogP contribution < -0.4 is 5.32 Å². The van der Waals surface area contributed by atoms with Crippen molar-refractivity contribution in [3.05, 3.63) is 0 Å². The zero-order valence-electron chi connectivity index (χ0n) is 12.8. The SMILES string of the molecule is COC(O)NC(C(C)C)C(O)N1C2CCC(C2)C1C(=O)O. The molecule has 7 nitrogen and oxygen atoms in total. The lowest BCUT2D eigenvalue weighted by Gasteiger charge is -2.41. The maximum atomic E-state index is 11.5. The number of hydrogen-bond acceptors (Lipinski definition) is 6. The van der Waals surface area contributed by atoms with Crippen molar-refractivity contribution in [2.75, 3.05) is 7.11 Å². The molecule has 0 aromatic heterocycles. The molecule has 21 heavy (non-hydrogen) atoms. The fourth-order valence-corrected chi connectivity index (χ4v) is 3.77. The molecule has 6 atom stereocenters. The van der Waals surface area contributed by atoms with E-state index in [1.807, 2.05) is 13.8 Å². The summed E-state index contributed by atoms with van der Waals surface area (Å²) in [5.74, 6) is -0.753. The summed E-state index contributed by atoms with van der Waals surface area (Å²) in [4.78, 5) is 13.2. The molecule has 7 heteroatoms. The Morgan fingerprint density at radius 1 is 1.33 bits per heavy atom. The van der Waals surface area contributed by atoms with Crippen LogP contribution >= 0.6 is 0 Å². The van der Waals surface area contributed by atoms with Gasteiger partial charge in [-0.25, -0.2) is 0 Å². The highest BCUT2D eigenvalue weighted by atomic mass is 16.6. The average Bonchev–Trinajstić information content (AvgIpc) is 3.03. The van der Waals surface area contributed by atoms with Crippen molar-refractivity contribution >= 4 is 5.97 Å². The summed E-state index contributed by atoms with van der Waals surface area (Å²) in [6.45, 7) is 3.82. The highest BCUT2D eigenvalue weighted by Crippen LogP contribution is 2.44. The Bertz CT molecular complexity index is 378. The summed E-state index contributed by atoms with van der Waals surface area (Å²) >= 11 is 0. The van der Waals surface area contributed by atoms with E-state index in [1.165, 1.54) is 7.11 Å². The highest BCUT2D eigenvalue weighted by molar-refractivity contribution is 5.74. The number of carbonyl (C=O) groups is 1. The Morgan fingerprint density at radius 3 is 2.52 bits per heavy atom. The second-order valence-electron chi connectivity index (χ2n) is 6.40. The van der Waals surface area contributed by atoms with E-state index in [0.29, 0.717) is 0 Å². The summed E-state index contributed by atoms with van der Waals surface area (Å²) in [6, 6.07) is -1.00. The number of fused-ring (bicyclic) bond motifs is 2. The summed E-state index contributed by atoms with van der Waals surface area (Å²) in [5.41, 5.74) is 0. The number of piperidine rings is 1. The van der Waals surface area contributed by atoms with Gasteiger partial charge in [0, 0.05) is 13.2 Å². The van der Waals surface area contributed by atoms with Crippen molar-refractivity contribution in [2.24, 2.45) is 11.8 Å². The van der Waals surface area contributed by atoms with Gasteiger partial charge < -0.3 is 20.1 Å². The Hall–Kier alpha value is -0.730. The van der Waals surface area contributed by atoms with Crippen LogP contribution in [0.15, 0.2) is 0 Å². The molecule has 1 heterocycles. The topological polar surface area (TPSA) is 102 Å². The average molecular weight is 302 g/mol. The van der Waals surface area contributed by atoms with Crippen molar-refractivity contribution in [3.8, 4) is 0 Å². The molecule has 1 saturated carbocycles. The Morgan fingerprint density at radius 2 is 2.00 bits per heavy atom. The van der Waals surface area contributed by atoms with Crippen molar-refractivity contribution < 1.29 is 24.9 Å². The molecule has 0 amide bonds. The van der Waals surface area contributed by atoms with Gasteiger partial charge in [-0.2, -0.15) is 0 Å². The van der Waals surface area contributed by atoms with E-state index in [4.69, 9.17) is 4.74 Å². The lowest BCUT2D eigenvalue weighted by molar-refractivity contribution is -0.160. The lowest BCUT2D eigenvalue weighted by Crippen LogP contribution is -2.61. The molecule has 0 aromatic rings. The first-order valence-electron chi connectivity index (χ1n) is 7.52. The summed E-state index contributed by atoms with van der Waals surface area (Å²) in [7, 11) is 1.36. The third kappa shape index (κ3) is 3.22. The first-order chi connectivity index (χ1) is 9.86. The van der Waals surface area contributed by atoms with Gasteiger partial charge in [0.15, 0.2) is 0 Å². The van der Waals surface area contributed by atoms with Crippen molar-refractivity contribution in [2.45, 2.75) is 63.9 Å². The zero-order valence-corrected chi connectivity index (χ0v) is 12.8. The summed E-state index contributed by atoms with van der Waals surface area (Å²) in [5, 5.41) is 32.6. The normalized spacial score (nSPS) is 33.3. The number of carboxylic acid groups (broad SMARTS) is 1. The number of ether oxygens (including phenoxy) is 1. The molecule has 2 bridgehead atoms. The number of likely N-dealkylation sites (tertiary alicyclic amines) is 1. The molecule has 122 valence electrons. The third-order valence-electron chi connectivity index (χ3n) is 4.79.